The Morgan fingerprint density at radius 1 is 0.667 bits per heavy atom. The molecule has 0 saturated carbocycles. The van der Waals surface area contributed by atoms with Crippen LogP contribution in [0.15, 0.2) is 71.2 Å². The summed E-state index contributed by atoms with van der Waals surface area (Å²) < 4.78 is 1.01. The second kappa shape index (κ2) is 6.23. The molecule has 21 heavy (non-hydrogen) atoms. The van der Waals surface area contributed by atoms with Crippen molar-refractivity contribution in [3.05, 3.63) is 81.2 Å². The molecule has 3 aromatic carbocycles. The van der Waals surface area contributed by atoms with Crippen LogP contribution in [0, 0.1) is 0 Å². The molecule has 0 aliphatic heterocycles. The molecular weight excluding hydrogens is 367 g/mol. The van der Waals surface area contributed by atoms with E-state index in [2.05, 4.69) is 40.2 Å². The molecule has 0 heterocycles. The molecule has 0 atom stereocenters. The van der Waals surface area contributed by atoms with Crippen molar-refractivity contribution in [1.82, 2.24) is 0 Å². The summed E-state index contributed by atoms with van der Waals surface area (Å²) in [5, 5.41) is 1.28. The van der Waals surface area contributed by atoms with Crippen molar-refractivity contribution in [3.8, 4) is 22.3 Å². The first-order valence-electron chi connectivity index (χ1n) is 6.45. The van der Waals surface area contributed by atoms with E-state index in [4.69, 9.17) is 23.2 Å². The van der Waals surface area contributed by atoms with Gasteiger partial charge in [0.1, 0.15) is 0 Å². The minimum Gasteiger partial charge on any atom is -0.0843 e. The van der Waals surface area contributed by atoms with Gasteiger partial charge in [-0.3, -0.25) is 0 Å². The highest BCUT2D eigenvalue weighted by Gasteiger charge is 2.09. The topological polar surface area (TPSA) is 0 Å². The van der Waals surface area contributed by atoms with Gasteiger partial charge in [0.25, 0.3) is 0 Å². The summed E-state index contributed by atoms with van der Waals surface area (Å²) in [6.45, 7) is 0. The molecule has 0 unspecified atom stereocenters. The van der Waals surface area contributed by atoms with Gasteiger partial charge in [-0.2, -0.15) is 0 Å². The first-order chi connectivity index (χ1) is 10.1. The molecule has 3 rings (SSSR count). The number of benzene rings is 3. The highest BCUT2D eigenvalue weighted by atomic mass is 79.9. The van der Waals surface area contributed by atoms with E-state index in [1.165, 1.54) is 5.56 Å². The molecule has 0 nitrogen and oxygen atoms in total. The van der Waals surface area contributed by atoms with Crippen LogP contribution < -0.4 is 0 Å². The average Bonchev–Trinajstić information content (AvgIpc) is 2.49. The summed E-state index contributed by atoms with van der Waals surface area (Å²) in [5.41, 5.74) is 4.35. The third-order valence-electron chi connectivity index (χ3n) is 3.29. The maximum Gasteiger partial charge on any atom is 0.0499 e. The summed E-state index contributed by atoms with van der Waals surface area (Å²) in [7, 11) is 0. The minimum absolute atomic E-state index is 0.638. The molecule has 0 radical (unpaired) electrons. The lowest BCUT2D eigenvalue weighted by atomic mass is 9.99. The standard InChI is InChI=1S/C18H11BrCl2/c19-17-9-6-13(12-4-2-1-3-5-12)10-16(17)15-8-7-14(20)11-18(15)21/h1-11H. The summed E-state index contributed by atoms with van der Waals surface area (Å²) in [5.74, 6) is 0. The molecule has 0 aliphatic carbocycles. The van der Waals surface area contributed by atoms with Gasteiger partial charge in [-0.15, -0.1) is 0 Å². The summed E-state index contributed by atoms with van der Waals surface area (Å²) >= 11 is 15.9. The van der Waals surface area contributed by atoms with Crippen LogP contribution in [0.3, 0.4) is 0 Å². The SMILES string of the molecule is Clc1ccc(-c2cc(-c3ccccc3)ccc2Br)c(Cl)c1. The maximum absolute atomic E-state index is 6.33. The molecule has 3 aromatic rings. The molecule has 0 spiro atoms. The minimum atomic E-state index is 0.638. The Morgan fingerprint density at radius 2 is 1.43 bits per heavy atom. The van der Waals surface area contributed by atoms with Crippen molar-refractivity contribution >= 4 is 39.1 Å². The summed E-state index contributed by atoms with van der Waals surface area (Å²) in [6.07, 6.45) is 0. The van der Waals surface area contributed by atoms with Gasteiger partial charge in [-0.25, -0.2) is 0 Å². The predicted octanol–water partition coefficient (Wildman–Crippen LogP) is 7.09. The first-order valence-corrected chi connectivity index (χ1v) is 8.00. The Bertz CT molecular complexity index is 782. The molecule has 0 saturated heterocycles. The van der Waals surface area contributed by atoms with Crippen LogP contribution >= 0.6 is 39.1 Å². The number of rotatable bonds is 2. The van der Waals surface area contributed by atoms with E-state index in [-0.39, 0.29) is 0 Å². The summed E-state index contributed by atoms with van der Waals surface area (Å²) in [6, 6.07) is 22.1. The van der Waals surface area contributed by atoms with E-state index in [1.54, 1.807) is 6.07 Å². The van der Waals surface area contributed by atoms with Gasteiger partial charge in [0.15, 0.2) is 0 Å². The van der Waals surface area contributed by atoms with E-state index >= 15 is 0 Å². The zero-order valence-corrected chi connectivity index (χ0v) is 14.1. The average molecular weight is 378 g/mol. The third kappa shape index (κ3) is 3.16. The molecule has 0 amide bonds. The van der Waals surface area contributed by atoms with Gasteiger partial charge in [0, 0.05) is 20.1 Å². The van der Waals surface area contributed by atoms with Crippen molar-refractivity contribution in [1.29, 1.82) is 0 Å². The largest absolute Gasteiger partial charge is 0.0843 e. The van der Waals surface area contributed by atoms with E-state index < -0.39 is 0 Å². The Morgan fingerprint density at radius 3 is 2.14 bits per heavy atom. The highest BCUT2D eigenvalue weighted by molar-refractivity contribution is 9.10. The van der Waals surface area contributed by atoms with Crippen LogP contribution in [-0.2, 0) is 0 Å². The van der Waals surface area contributed by atoms with Crippen LogP contribution in [0.5, 0.6) is 0 Å². The number of hydrogen-bond acceptors (Lipinski definition) is 0. The van der Waals surface area contributed by atoms with E-state index in [1.807, 2.05) is 36.4 Å². The van der Waals surface area contributed by atoms with E-state index in [0.29, 0.717) is 10.0 Å². The normalized spacial score (nSPS) is 10.6. The lowest BCUT2D eigenvalue weighted by Crippen LogP contribution is -1.85. The van der Waals surface area contributed by atoms with Crippen LogP contribution in [0.2, 0.25) is 10.0 Å². The smallest absolute Gasteiger partial charge is 0.0499 e. The molecule has 0 bridgehead atoms. The Balaban J connectivity index is 2.15. The monoisotopic (exact) mass is 376 g/mol. The predicted molar refractivity (Wildman–Crippen MR) is 95.0 cm³/mol. The lowest BCUT2D eigenvalue weighted by Gasteiger charge is -2.10. The number of hydrogen-bond donors (Lipinski definition) is 0. The molecule has 0 fully saturated rings. The zero-order valence-electron chi connectivity index (χ0n) is 11.0. The quantitative estimate of drug-likeness (QED) is 0.447. The Hall–Kier alpha value is -1.28. The van der Waals surface area contributed by atoms with Crippen LogP contribution in [0.25, 0.3) is 22.3 Å². The maximum atomic E-state index is 6.33. The molecule has 3 heteroatoms. The molecule has 104 valence electrons. The fourth-order valence-corrected chi connectivity index (χ4v) is 3.22. The van der Waals surface area contributed by atoms with Gasteiger partial charge < -0.3 is 0 Å². The fraction of sp³-hybridized carbons (Fsp3) is 0. The van der Waals surface area contributed by atoms with Crippen molar-refractivity contribution in [3.63, 3.8) is 0 Å². The van der Waals surface area contributed by atoms with E-state index in [0.717, 1.165) is 21.2 Å². The van der Waals surface area contributed by atoms with Gasteiger partial charge >= 0.3 is 0 Å². The molecule has 0 N–H and O–H groups in total. The summed E-state index contributed by atoms with van der Waals surface area (Å²) in [4.78, 5) is 0. The third-order valence-corrected chi connectivity index (χ3v) is 4.53. The van der Waals surface area contributed by atoms with Gasteiger partial charge in [0.2, 0.25) is 0 Å². The van der Waals surface area contributed by atoms with Crippen LogP contribution in [-0.4, -0.2) is 0 Å². The highest BCUT2D eigenvalue weighted by Crippen LogP contribution is 2.37. The van der Waals surface area contributed by atoms with Crippen LogP contribution in [0.1, 0.15) is 0 Å². The Labute approximate surface area is 142 Å². The van der Waals surface area contributed by atoms with Gasteiger partial charge in [-0.1, -0.05) is 81.6 Å². The molecular formula is C18H11BrCl2. The first kappa shape index (κ1) is 14.6. The molecule has 0 aliphatic rings. The molecule has 0 aromatic heterocycles. The lowest BCUT2D eigenvalue weighted by molar-refractivity contribution is 1.56. The van der Waals surface area contributed by atoms with Crippen molar-refractivity contribution in [2.24, 2.45) is 0 Å². The van der Waals surface area contributed by atoms with Crippen molar-refractivity contribution < 1.29 is 0 Å². The second-order valence-electron chi connectivity index (χ2n) is 4.68. The van der Waals surface area contributed by atoms with Crippen molar-refractivity contribution in [2.75, 3.05) is 0 Å². The van der Waals surface area contributed by atoms with E-state index in [9.17, 15) is 0 Å². The Kier molecular flexibility index (Phi) is 4.34. The number of halogens is 3. The van der Waals surface area contributed by atoms with Crippen LogP contribution in [0.4, 0.5) is 0 Å². The van der Waals surface area contributed by atoms with Crippen molar-refractivity contribution in [2.45, 2.75) is 0 Å². The second-order valence-corrected chi connectivity index (χ2v) is 6.38. The van der Waals surface area contributed by atoms with Gasteiger partial charge in [0.05, 0.1) is 0 Å². The fourth-order valence-electron chi connectivity index (χ4n) is 2.25. The van der Waals surface area contributed by atoms with Gasteiger partial charge in [-0.05, 0) is 41.0 Å². The zero-order chi connectivity index (χ0) is 14.8.